The highest BCUT2D eigenvalue weighted by atomic mass is 16.5. The second-order valence-electron chi connectivity index (χ2n) is 8.60. The number of methoxy groups -OCH3 is 1. The molecular weight excluding hydrogens is 408 g/mol. The Hall–Kier alpha value is -3.86. The van der Waals surface area contributed by atoms with Gasteiger partial charge in [0.1, 0.15) is 5.75 Å². The van der Waals surface area contributed by atoms with Crippen molar-refractivity contribution in [2.75, 3.05) is 20.2 Å². The topological polar surface area (TPSA) is 50.3 Å². The van der Waals surface area contributed by atoms with E-state index < -0.39 is 0 Å². The van der Waals surface area contributed by atoms with Crippen molar-refractivity contribution >= 4 is 5.70 Å². The fourth-order valence-corrected chi connectivity index (χ4v) is 4.44. The molecule has 1 N–H and O–H groups in total. The van der Waals surface area contributed by atoms with Crippen molar-refractivity contribution in [2.45, 2.75) is 20.4 Å². The highest BCUT2D eigenvalue weighted by Crippen LogP contribution is 2.32. The van der Waals surface area contributed by atoms with E-state index in [9.17, 15) is 0 Å². The van der Waals surface area contributed by atoms with E-state index in [0.717, 1.165) is 53.6 Å². The summed E-state index contributed by atoms with van der Waals surface area (Å²) in [4.78, 5) is 11.0. The number of hydrogen-bond acceptors (Lipinski definition) is 5. The van der Waals surface area contributed by atoms with E-state index >= 15 is 0 Å². The summed E-state index contributed by atoms with van der Waals surface area (Å²) in [5, 5.41) is 3.58. The molecule has 0 radical (unpaired) electrons. The highest BCUT2D eigenvalue weighted by Gasteiger charge is 2.18. The number of rotatable bonds is 5. The highest BCUT2D eigenvalue weighted by molar-refractivity contribution is 5.72. The van der Waals surface area contributed by atoms with Crippen molar-refractivity contribution in [2.24, 2.45) is 0 Å². The quantitative estimate of drug-likeness (QED) is 0.607. The molecule has 166 valence electrons. The lowest BCUT2D eigenvalue weighted by atomic mass is 9.97. The van der Waals surface area contributed by atoms with Crippen LogP contribution >= 0.6 is 0 Å². The third-order valence-corrected chi connectivity index (χ3v) is 6.13. The summed E-state index contributed by atoms with van der Waals surface area (Å²) >= 11 is 0. The van der Waals surface area contributed by atoms with Crippen molar-refractivity contribution in [1.82, 2.24) is 20.2 Å². The summed E-state index contributed by atoms with van der Waals surface area (Å²) in [6.45, 7) is 6.62. The number of benzene rings is 1. The predicted molar refractivity (Wildman–Crippen MR) is 132 cm³/mol. The average molecular weight is 437 g/mol. The summed E-state index contributed by atoms with van der Waals surface area (Å²) in [6.07, 6.45) is 10.4. The fraction of sp³-hybridized carbons (Fsp3) is 0.214. The Morgan fingerprint density at radius 2 is 1.73 bits per heavy atom. The van der Waals surface area contributed by atoms with Crippen molar-refractivity contribution in [3.8, 4) is 16.9 Å². The molecule has 0 unspecified atom stereocenters. The largest absolute Gasteiger partial charge is 0.496 e. The fourth-order valence-electron chi connectivity index (χ4n) is 4.44. The van der Waals surface area contributed by atoms with E-state index in [1.807, 2.05) is 32.3 Å². The van der Waals surface area contributed by atoms with Gasteiger partial charge in [0, 0.05) is 66.4 Å². The maximum absolute atomic E-state index is 5.73. The molecule has 0 saturated carbocycles. The molecule has 3 aromatic rings. The van der Waals surface area contributed by atoms with Gasteiger partial charge in [-0.3, -0.25) is 9.97 Å². The molecule has 33 heavy (non-hydrogen) atoms. The minimum Gasteiger partial charge on any atom is -0.496 e. The standard InChI is InChI=1S/C28H28N4O/c1-19-12-23(6-9-29-19)26-5-4-21(14-28(26)33-3)17-32-11-8-22-15-27(31-16-25(22)18-32)24-7-10-30-20(2)13-24/h4-15,31H,16-18H2,1-3H3. The van der Waals surface area contributed by atoms with E-state index in [1.54, 1.807) is 7.11 Å². The van der Waals surface area contributed by atoms with E-state index in [4.69, 9.17) is 4.74 Å². The summed E-state index contributed by atoms with van der Waals surface area (Å²) in [6, 6.07) is 14.8. The van der Waals surface area contributed by atoms with E-state index in [1.165, 1.54) is 22.3 Å². The zero-order chi connectivity index (χ0) is 22.8. The van der Waals surface area contributed by atoms with Gasteiger partial charge in [-0.25, -0.2) is 0 Å². The maximum Gasteiger partial charge on any atom is 0.127 e. The number of allylic oxidation sites excluding steroid dienone is 3. The van der Waals surface area contributed by atoms with Crippen molar-refractivity contribution < 1.29 is 4.74 Å². The van der Waals surface area contributed by atoms with Gasteiger partial charge in [-0.05, 0) is 78.6 Å². The van der Waals surface area contributed by atoms with Gasteiger partial charge in [0.2, 0.25) is 0 Å². The van der Waals surface area contributed by atoms with Crippen LogP contribution in [0.4, 0.5) is 0 Å². The number of aryl methyl sites for hydroxylation is 2. The number of dihydropyridines is 1. The molecule has 0 spiro atoms. The van der Waals surface area contributed by atoms with Crippen LogP contribution in [-0.2, 0) is 6.54 Å². The first-order chi connectivity index (χ1) is 16.1. The van der Waals surface area contributed by atoms with E-state index in [2.05, 4.69) is 74.9 Å². The van der Waals surface area contributed by atoms with E-state index in [-0.39, 0.29) is 0 Å². The Bertz CT molecular complexity index is 1290. The predicted octanol–water partition coefficient (Wildman–Crippen LogP) is 5.04. The second kappa shape index (κ2) is 8.94. The molecule has 0 atom stereocenters. The van der Waals surface area contributed by atoms with Crippen LogP contribution in [-0.4, -0.2) is 35.1 Å². The van der Waals surface area contributed by atoms with Crippen LogP contribution in [0.3, 0.4) is 0 Å². The molecule has 5 rings (SSSR count). The molecule has 2 aliphatic rings. The van der Waals surface area contributed by atoms with Crippen LogP contribution < -0.4 is 10.1 Å². The molecule has 2 aliphatic heterocycles. The van der Waals surface area contributed by atoms with Crippen LogP contribution in [0.25, 0.3) is 16.8 Å². The molecule has 1 aromatic carbocycles. The first kappa shape index (κ1) is 21.0. The molecule has 0 aliphatic carbocycles. The van der Waals surface area contributed by atoms with Gasteiger partial charge in [0.25, 0.3) is 0 Å². The first-order valence-corrected chi connectivity index (χ1v) is 11.2. The number of pyridine rings is 2. The minimum atomic E-state index is 0.833. The lowest BCUT2D eigenvalue weighted by Crippen LogP contribution is -2.30. The third-order valence-electron chi connectivity index (χ3n) is 6.13. The first-order valence-electron chi connectivity index (χ1n) is 11.2. The number of hydrogen-bond donors (Lipinski definition) is 1. The van der Waals surface area contributed by atoms with Gasteiger partial charge in [-0.2, -0.15) is 0 Å². The van der Waals surface area contributed by atoms with Gasteiger partial charge >= 0.3 is 0 Å². The molecule has 0 saturated heterocycles. The molecule has 0 amide bonds. The lowest BCUT2D eigenvalue weighted by Gasteiger charge is -2.30. The van der Waals surface area contributed by atoms with Gasteiger partial charge < -0.3 is 15.0 Å². The summed E-state index contributed by atoms with van der Waals surface area (Å²) in [5.41, 5.74) is 10.5. The van der Waals surface area contributed by atoms with Crippen molar-refractivity contribution in [1.29, 1.82) is 0 Å². The molecule has 5 heteroatoms. The van der Waals surface area contributed by atoms with Gasteiger partial charge in [0.05, 0.1) is 7.11 Å². The zero-order valence-electron chi connectivity index (χ0n) is 19.3. The Kier molecular flexibility index (Phi) is 5.69. The molecule has 4 heterocycles. The van der Waals surface area contributed by atoms with Gasteiger partial charge in [0.15, 0.2) is 0 Å². The van der Waals surface area contributed by atoms with Crippen LogP contribution in [0.5, 0.6) is 5.75 Å². The monoisotopic (exact) mass is 436 g/mol. The average Bonchev–Trinajstić information content (AvgIpc) is 2.83. The smallest absolute Gasteiger partial charge is 0.127 e. The summed E-state index contributed by atoms with van der Waals surface area (Å²) in [5.74, 6) is 0.888. The Morgan fingerprint density at radius 3 is 2.48 bits per heavy atom. The number of nitrogens with zero attached hydrogens (tertiary/aromatic N) is 3. The van der Waals surface area contributed by atoms with Gasteiger partial charge in [-0.1, -0.05) is 12.1 Å². The normalized spacial score (nSPS) is 15.1. The summed E-state index contributed by atoms with van der Waals surface area (Å²) in [7, 11) is 1.73. The third kappa shape index (κ3) is 4.53. The number of nitrogens with one attached hydrogen (secondary N) is 1. The Balaban J connectivity index is 1.32. The molecule has 5 nitrogen and oxygen atoms in total. The Morgan fingerprint density at radius 1 is 0.970 bits per heavy atom. The molecule has 0 bridgehead atoms. The SMILES string of the molecule is COc1cc(CN2C=CC3=C(CNC(c4ccnc(C)c4)=C3)C2)ccc1-c1ccnc(C)c1. The van der Waals surface area contributed by atoms with Crippen LogP contribution in [0, 0.1) is 13.8 Å². The lowest BCUT2D eigenvalue weighted by molar-refractivity contribution is 0.386. The number of ether oxygens (including phenoxy) is 1. The van der Waals surface area contributed by atoms with Gasteiger partial charge in [-0.15, -0.1) is 0 Å². The molecule has 2 aromatic heterocycles. The minimum absolute atomic E-state index is 0.833. The number of aromatic nitrogens is 2. The second-order valence-corrected chi connectivity index (χ2v) is 8.60. The maximum atomic E-state index is 5.73. The van der Waals surface area contributed by atoms with Crippen LogP contribution in [0.15, 0.2) is 84.4 Å². The van der Waals surface area contributed by atoms with Crippen molar-refractivity contribution in [3.05, 3.63) is 107 Å². The van der Waals surface area contributed by atoms with Crippen molar-refractivity contribution in [3.63, 3.8) is 0 Å². The Labute approximate surface area is 195 Å². The van der Waals surface area contributed by atoms with Crippen LogP contribution in [0.2, 0.25) is 0 Å². The molecular formula is C28H28N4O. The summed E-state index contributed by atoms with van der Waals surface area (Å²) < 4.78 is 5.73. The zero-order valence-corrected chi connectivity index (χ0v) is 19.3. The van der Waals surface area contributed by atoms with Crippen LogP contribution in [0.1, 0.15) is 22.5 Å². The molecule has 0 fully saturated rings. The van der Waals surface area contributed by atoms with E-state index in [0.29, 0.717) is 0 Å².